The van der Waals surface area contributed by atoms with Crippen molar-refractivity contribution in [3.63, 3.8) is 0 Å². The number of fused-ring (bicyclic) bond motifs is 1. The Morgan fingerprint density at radius 2 is 1.95 bits per heavy atom. The van der Waals surface area contributed by atoms with Gasteiger partial charge in [0.05, 0.1) is 6.10 Å². The summed E-state index contributed by atoms with van der Waals surface area (Å²) in [6.07, 6.45) is -4.19. The van der Waals surface area contributed by atoms with Gasteiger partial charge in [-0.3, -0.25) is 13.9 Å². The van der Waals surface area contributed by atoms with Gasteiger partial charge in [-0.15, -0.1) is 24.5 Å². The van der Waals surface area contributed by atoms with Gasteiger partial charge in [-0.1, -0.05) is 23.7 Å². The van der Waals surface area contributed by atoms with Crippen molar-refractivity contribution in [2.75, 3.05) is 6.79 Å². The van der Waals surface area contributed by atoms with Crippen LogP contribution in [0.25, 0.3) is 16.2 Å². The molecule has 2 aromatic carbocycles. The molecule has 0 bridgehead atoms. The molecule has 0 aliphatic rings. The average molecular weight is 608 g/mol. The van der Waals surface area contributed by atoms with Gasteiger partial charge in [0, 0.05) is 15.9 Å². The molecular formula is C24H22ClF3NO8PS. The van der Waals surface area contributed by atoms with Crippen LogP contribution in [0.3, 0.4) is 0 Å². The summed E-state index contributed by atoms with van der Waals surface area (Å²) in [6, 6.07) is 9.74. The lowest BCUT2D eigenvalue weighted by Crippen LogP contribution is -2.26. The van der Waals surface area contributed by atoms with Crippen molar-refractivity contribution < 1.29 is 51.0 Å². The Bertz CT molecular complexity index is 1410. The molecule has 9 nitrogen and oxygen atoms in total. The van der Waals surface area contributed by atoms with Crippen LogP contribution in [-0.4, -0.2) is 36.2 Å². The topological polar surface area (TPSA) is 120 Å². The van der Waals surface area contributed by atoms with Crippen LogP contribution in [0.15, 0.2) is 54.0 Å². The number of rotatable bonds is 10. The first kappa shape index (κ1) is 30.5. The minimum absolute atomic E-state index is 0.125. The van der Waals surface area contributed by atoms with Gasteiger partial charge in [0.15, 0.2) is 5.66 Å². The fourth-order valence-electron chi connectivity index (χ4n) is 3.26. The summed E-state index contributed by atoms with van der Waals surface area (Å²) in [6.45, 7) is 2.16. The molecule has 15 heteroatoms. The van der Waals surface area contributed by atoms with E-state index in [2.05, 4.69) is 14.8 Å². The third-order valence-electron chi connectivity index (χ3n) is 4.77. The van der Waals surface area contributed by atoms with E-state index in [9.17, 15) is 32.2 Å². The quantitative estimate of drug-likeness (QED) is 0.144. The highest BCUT2D eigenvalue weighted by atomic mass is 35.5. The van der Waals surface area contributed by atoms with Crippen molar-refractivity contribution in [1.82, 2.24) is 5.32 Å². The molecule has 0 saturated carbocycles. The molecule has 0 aliphatic heterocycles. The highest BCUT2D eigenvalue weighted by Crippen LogP contribution is 2.58. The van der Waals surface area contributed by atoms with Gasteiger partial charge in [-0.05, 0) is 72.1 Å². The molecule has 210 valence electrons. The monoisotopic (exact) mass is 607 g/mol. The molecule has 1 aromatic heterocycles. The second-order valence-corrected chi connectivity index (χ2v) is 11.3. The Kier molecular flexibility index (Phi) is 10.0. The van der Waals surface area contributed by atoms with Gasteiger partial charge in [-0.2, -0.15) is 0 Å². The first-order valence-corrected chi connectivity index (χ1v) is 14.0. The Morgan fingerprint density at radius 3 is 2.64 bits per heavy atom. The molecule has 39 heavy (non-hydrogen) atoms. The lowest BCUT2D eigenvalue weighted by Gasteiger charge is -2.21. The van der Waals surface area contributed by atoms with Crippen LogP contribution < -0.4 is 10.1 Å². The molecule has 3 rings (SSSR count). The second-order valence-electron chi connectivity index (χ2n) is 8.07. The standard InChI is InChI=1S/C24H22ClF3NO8PS/c1-14(2)36-23(31)34-13-35-38(32,33)21(19-12-39-20-7-6-16(25)11-18(19)20)22(30)29-9-8-15-4-3-5-17(10-15)37-24(26,27)28/h3-12,14,21H,13H2,1-2H3,(H,29,30)(H,32,33). The number of carbonyl (C=O) groups excluding carboxylic acids is 2. The van der Waals surface area contributed by atoms with E-state index >= 15 is 0 Å². The van der Waals surface area contributed by atoms with E-state index in [-0.39, 0.29) is 11.1 Å². The van der Waals surface area contributed by atoms with Crippen molar-refractivity contribution in [2.45, 2.75) is 32.0 Å². The summed E-state index contributed by atoms with van der Waals surface area (Å²) >= 11 is 7.28. The van der Waals surface area contributed by atoms with Gasteiger partial charge < -0.3 is 24.4 Å². The van der Waals surface area contributed by atoms with Gasteiger partial charge in [0.25, 0.3) is 0 Å². The maximum atomic E-state index is 13.3. The van der Waals surface area contributed by atoms with Crippen LogP contribution in [0.5, 0.6) is 5.75 Å². The molecule has 0 radical (unpaired) electrons. The lowest BCUT2D eigenvalue weighted by molar-refractivity contribution is -0.274. The molecule has 0 fully saturated rings. The number of alkyl halides is 3. The third-order valence-corrected chi connectivity index (χ3v) is 7.63. The number of hydrogen-bond acceptors (Lipinski definition) is 8. The van der Waals surface area contributed by atoms with Crippen molar-refractivity contribution in [3.8, 4) is 5.75 Å². The maximum absolute atomic E-state index is 13.3. The summed E-state index contributed by atoms with van der Waals surface area (Å²) in [7, 11) is -4.86. The predicted octanol–water partition coefficient (Wildman–Crippen LogP) is 7.00. The van der Waals surface area contributed by atoms with Crippen molar-refractivity contribution in [2.24, 2.45) is 0 Å². The van der Waals surface area contributed by atoms with Crippen LogP contribution >= 0.6 is 30.5 Å². The molecule has 0 spiro atoms. The highest BCUT2D eigenvalue weighted by Gasteiger charge is 2.42. The van der Waals surface area contributed by atoms with E-state index in [0.717, 1.165) is 18.3 Å². The summed E-state index contributed by atoms with van der Waals surface area (Å²) in [5, 5.41) is 4.57. The van der Waals surface area contributed by atoms with Crippen LogP contribution in [0.4, 0.5) is 18.0 Å². The Morgan fingerprint density at radius 1 is 1.21 bits per heavy atom. The molecule has 2 atom stereocenters. The summed E-state index contributed by atoms with van der Waals surface area (Å²) < 4.78 is 69.6. The average Bonchev–Trinajstić information content (AvgIpc) is 3.20. The number of nitrogens with one attached hydrogen (secondary N) is 1. The number of ether oxygens (including phenoxy) is 3. The smallest absolute Gasteiger partial charge is 0.432 e. The predicted molar refractivity (Wildman–Crippen MR) is 138 cm³/mol. The number of halogens is 4. The molecule has 3 aromatic rings. The van der Waals surface area contributed by atoms with E-state index in [0.29, 0.717) is 15.1 Å². The lowest BCUT2D eigenvalue weighted by atomic mass is 10.1. The Balaban J connectivity index is 1.84. The van der Waals surface area contributed by atoms with Crippen molar-refractivity contribution in [1.29, 1.82) is 0 Å². The molecule has 0 aliphatic carbocycles. The molecule has 1 heterocycles. The SMILES string of the molecule is CC(C)OC(=O)OCOP(=O)(O)C(C(=O)NC=Cc1cccc(OC(F)(F)F)c1)c1csc2ccc(Cl)cc12. The van der Waals surface area contributed by atoms with Gasteiger partial charge in [0.1, 0.15) is 5.75 Å². The molecule has 1 amide bonds. The maximum Gasteiger partial charge on any atom is 0.573 e. The number of benzene rings is 2. The Labute approximate surface area is 229 Å². The van der Waals surface area contributed by atoms with Gasteiger partial charge in [-0.25, -0.2) is 4.79 Å². The summed E-state index contributed by atoms with van der Waals surface area (Å²) in [4.78, 5) is 35.6. The Hall–Kier alpha value is -3.09. The first-order valence-electron chi connectivity index (χ1n) is 11.0. The highest BCUT2D eigenvalue weighted by molar-refractivity contribution is 7.54. The van der Waals surface area contributed by atoms with E-state index in [4.69, 9.17) is 20.9 Å². The number of amides is 1. The number of thiophene rings is 1. The van der Waals surface area contributed by atoms with Crippen molar-refractivity contribution in [3.05, 3.63) is 70.2 Å². The fraction of sp³-hybridized carbons (Fsp3) is 0.250. The van der Waals surface area contributed by atoms with Gasteiger partial charge >= 0.3 is 20.1 Å². The van der Waals surface area contributed by atoms with E-state index < -0.39 is 50.3 Å². The van der Waals surface area contributed by atoms with Gasteiger partial charge in [0.2, 0.25) is 12.7 Å². The molecule has 0 saturated heterocycles. The molecule has 2 N–H and O–H groups in total. The molecular weight excluding hydrogens is 586 g/mol. The van der Waals surface area contributed by atoms with E-state index in [1.165, 1.54) is 41.0 Å². The summed E-state index contributed by atoms with van der Waals surface area (Å²) in [5.74, 6) is -1.45. The number of hydrogen-bond donors (Lipinski definition) is 2. The second kappa shape index (κ2) is 12.8. The third kappa shape index (κ3) is 8.97. The number of carbonyl (C=O) groups is 2. The van der Waals surface area contributed by atoms with Crippen LogP contribution in [0.2, 0.25) is 5.02 Å². The van der Waals surface area contributed by atoms with Crippen LogP contribution in [-0.2, 0) is 23.4 Å². The normalized spacial score (nSPS) is 14.3. The van der Waals surface area contributed by atoms with E-state index in [1.807, 2.05) is 0 Å². The van der Waals surface area contributed by atoms with Crippen LogP contribution in [0.1, 0.15) is 30.6 Å². The zero-order valence-electron chi connectivity index (χ0n) is 20.3. The minimum Gasteiger partial charge on any atom is -0.432 e. The van der Waals surface area contributed by atoms with Crippen molar-refractivity contribution >= 4 is 58.8 Å². The zero-order valence-corrected chi connectivity index (χ0v) is 22.8. The molecule has 2 unspecified atom stereocenters. The zero-order chi connectivity index (χ0) is 28.8. The minimum atomic E-state index is -4.88. The van der Waals surface area contributed by atoms with Crippen LogP contribution in [0, 0.1) is 0 Å². The van der Waals surface area contributed by atoms with E-state index in [1.54, 1.807) is 26.0 Å². The summed E-state index contributed by atoms with van der Waals surface area (Å²) in [5.41, 5.74) is -1.43. The fourth-order valence-corrected chi connectivity index (χ4v) is 5.79. The largest absolute Gasteiger partial charge is 0.573 e. The first-order chi connectivity index (χ1) is 18.2.